The highest BCUT2D eigenvalue weighted by atomic mass is 16.1. The highest BCUT2D eigenvalue weighted by molar-refractivity contribution is 5.83. The van der Waals surface area contributed by atoms with E-state index in [0.717, 1.165) is 19.4 Å². The molecule has 0 aromatic carbocycles. The van der Waals surface area contributed by atoms with E-state index in [2.05, 4.69) is 31.1 Å². The zero-order chi connectivity index (χ0) is 11.8. The normalized spacial score (nSPS) is 20.7. The second kappa shape index (κ2) is 7.83. The second-order valence-corrected chi connectivity index (χ2v) is 4.18. The fourth-order valence-corrected chi connectivity index (χ4v) is 1.50. The van der Waals surface area contributed by atoms with Gasteiger partial charge in [0.1, 0.15) is 5.78 Å². The van der Waals surface area contributed by atoms with Gasteiger partial charge >= 0.3 is 0 Å². The van der Waals surface area contributed by atoms with E-state index in [9.17, 15) is 4.79 Å². The first-order valence-corrected chi connectivity index (χ1v) is 6.05. The zero-order valence-electron chi connectivity index (χ0n) is 10.8. The first kappa shape index (κ1) is 14.6. The van der Waals surface area contributed by atoms with Gasteiger partial charge in [-0.2, -0.15) is 0 Å². The van der Waals surface area contributed by atoms with Crippen LogP contribution in [0.2, 0.25) is 0 Å². The Bertz CT molecular complexity index is 180. The standard InChI is InChI=1S/C10H20N2O.C2H6/c1-8(2)12(3)5-4-9-6-10(13)7-11-9;1-2/h8-9,11H,4-7H2,1-3H3;1-2H3. The molecule has 1 rings (SSSR count). The Labute approximate surface area is 94.2 Å². The second-order valence-electron chi connectivity index (χ2n) is 4.18. The lowest BCUT2D eigenvalue weighted by Gasteiger charge is -2.22. The van der Waals surface area contributed by atoms with Crippen LogP contribution in [0, 0.1) is 0 Å². The monoisotopic (exact) mass is 214 g/mol. The van der Waals surface area contributed by atoms with Crippen molar-refractivity contribution in [2.24, 2.45) is 0 Å². The van der Waals surface area contributed by atoms with Gasteiger partial charge in [-0.1, -0.05) is 13.8 Å². The fourth-order valence-electron chi connectivity index (χ4n) is 1.50. The van der Waals surface area contributed by atoms with Crippen LogP contribution in [0.15, 0.2) is 0 Å². The van der Waals surface area contributed by atoms with E-state index in [4.69, 9.17) is 0 Å². The van der Waals surface area contributed by atoms with Gasteiger partial charge in [0.15, 0.2) is 0 Å². The molecule has 0 radical (unpaired) electrons. The maximum absolute atomic E-state index is 11.0. The molecule has 1 atom stereocenters. The predicted octanol–water partition coefficient (Wildman–Crippen LogP) is 1.67. The van der Waals surface area contributed by atoms with Crippen molar-refractivity contribution in [3.05, 3.63) is 0 Å². The van der Waals surface area contributed by atoms with Gasteiger partial charge in [-0.25, -0.2) is 0 Å². The van der Waals surface area contributed by atoms with Gasteiger partial charge in [-0.05, 0) is 33.9 Å². The summed E-state index contributed by atoms with van der Waals surface area (Å²) in [5, 5.41) is 3.22. The third kappa shape index (κ3) is 5.90. The lowest BCUT2D eigenvalue weighted by molar-refractivity contribution is -0.116. The average Bonchev–Trinajstić information content (AvgIpc) is 2.63. The number of hydrogen-bond donors (Lipinski definition) is 1. The summed E-state index contributed by atoms with van der Waals surface area (Å²) in [5.74, 6) is 0.359. The molecule has 0 aromatic heterocycles. The Morgan fingerprint density at radius 1 is 1.47 bits per heavy atom. The molecular weight excluding hydrogens is 188 g/mol. The molecule has 1 unspecified atom stereocenters. The molecule has 0 spiro atoms. The van der Waals surface area contributed by atoms with Crippen LogP contribution in [0.4, 0.5) is 0 Å². The lowest BCUT2D eigenvalue weighted by Crippen LogP contribution is -2.32. The van der Waals surface area contributed by atoms with Gasteiger partial charge in [-0.15, -0.1) is 0 Å². The van der Waals surface area contributed by atoms with Gasteiger partial charge in [-0.3, -0.25) is 4.79 Å². The Morgan fingerprint density at radius 3 is 2.47 bits per heavy atom. The molecule has 3 nitrogen and oxygen atoms in total. The highest BCUT2D eigenvalue weighted by Gasteiger charge is 2.21. The summed E-state index contributed by atoms with van der Waals surface area (Å²) in [6, 6.07) is 1.02. The smallest absolute Gasteiger partial charge is 0.148 e. The maximum atomic E-state index is 11.0. The summed E-state index contributed by atoms with van der Waals surface area (Å²) < 4.78 is 0. The summed E-state index contributed by atoms with van der Waals surface area (Å²) in [5.41, 5.74) is 0. The van der Waals surface area contributed by atoms with E-state index < -0.39 is 0 Å². The van der Waals surface area contributed by atoms with E-state index in [1.54, 1.807) is 0 Å². The number of ketones is 1. The van der Waals surface area contributed by atoms with E-state index in [-0.39, 0.29) is 0 Å². The molecule has 0 amide bonds. The van der Waals surface area contributed by atoms with Crippen molar-refractivity contribution in [1.82, 2.24) is 10.2 Å². The third-order valence-corrected chi connectivity index (χ3v) is 2.77. The molecule has 0 saturated carbocycles. The molecular formula is C12H26N2O. The van der Waals surface area contributed by atoms with Crippen molar-refractivity contribution in [2.45, 2.75) is 52.6 Å². The predicted molar refractivity (Wildman–Crippen MR) is 65.1 cm³/mol. The Morgan fingerprint density at radius 2 is 2.07 bits per heavy atom. The summed E-state index contributed by atoms with van der Waals surface area (Å²) in [7, 11) is 2.13. The first-order valence-electron chi connectivity index (χ1n) is 6.05. The molecule has 1 fully saturated rings. The molecule has 1 saturated heterocycles. The summed E-state index contributed by atoms with van der Waals surface area (Å²) in [6.07, 6.45) is 1.81. The SMILES string of the molecule is CC.CC(C)N(C)CCC1CC(=O)CN1. The van der Waals surface area contributed by atoms with E-state index in [1.807, 2.05) is 13.8 Å². The average molecular weight is 214 g/mol. The fraction of sp³-hybridized carbons (Fsp3) is 0.917. The molecule has 0 aromatic rings. The van der Waals surface area contributed by atoms with Crippen molar-refractivity contribution < 1.29 is 4.79 Å². The molecule has 1 N–H and O–H groups in total. The Kier molecular flexibility index (Phi) is 7.61. The van der Waals surface area contributed by atoms with Crippen molar-refractivity contribution in [3.63, 3.8) is 0 Å². The van der Waals surface area contributed by atoms with Crippen molar-refractivity contribution in [1.29, 1.82) is 0 Å². The molecule has 3 heteroatoms. The highest BCUT2D eigenvalue weighted by Crippen LogP contribution is 2.07. The van der Waals surface area contributed by atoms with Gasteiger partial charge < -0.3 is 10.2 Å². The van der Waals surface area contributed by atoms with E-state index in [1.165, 1.54) is 0 Å². The van der Waals surface area contributed by atoms with Gasteiger partial charge in [0, 0.05) is 18.5 Å². The van der Waals surface area contributed by atoms with Crippen molar-refractivity contribution in [3.8, 4) is 0 Å². The number of carbonyl (C=O) groups excluding carboxylic acids is 1. The number of hydrogen-bond acceptors (Lipinski definition) is 3. The Hall–Kier alpha value is -0.410. The number of carbonyl (C=O) groups is 1. The topological polar surface area (TPSA) is 32.3 Å². The molecule has 1 heterocycles. The molecule has 0 bridgehead atoms. The summed E-state index contributed by atoms with van der Waals surface area (Å²) in [4.78, 5) is 13.3. The lowest BCUT2D eigenvalue weighted by atomic mass is 10.1. The van der Waals surface area contributed by atoms with Crippen molar-refractivity contribution in [2.75, 3.05) is 20.1 Å². The minimum Gasteiger partial charge on any atom is -0.307 e. The van der Waals surface area contributed by atoms with Crippen LogP contribution in [-0.4, -0.2) is 42.9 Å². The largest absolute Gasteiger partial charge is 0.307 e. The molecule has 0 aliphatic carbocycles. The number of rotatable bonds is 4. The van der Waals surface area contributed by atoms with Crippen LogP contribution in [0.1, 0.15) is 40.5 Å². The third-order valence-electron chi connectivity index (χ3n) is 2.77. The van der Waals surface area contributed by atoms with Crippen LogP contribution in [0.3, 0.4) is 0 Å². The van der Waals surface area contributed by atoms with Gasteiger partial charge in [0.25, 0.3) is 0 Å². The molecule has 15 heavy (non-hydrogen) atoms. The van der Waals surface area contributed by atoms with E-state index in [0.29, 0.717) is 24.4 Å². The van der Waals surface area contributed by atoms with Gasteiger partial charge in [0.05, 0.1) is 6.54 Å². The van der Waals surface area contributed by atoms with Crippen LogP contribution in [0.25, 0.3) is 0 Å². The number of nitrogens with one attached hydrogen (secondary N) is 1. The zero-order valence-corrected chi connectivity index (χ0v) is 10.8. The minimum absolute atomic E-state index is 0.359. The minimum atomic E-state index is 0.359. The summed E-state index contributed by atoms with van der Waals surface area (Å²) >= 11 is 0. The Balaban J connectivity index is 0.000000921. The van der Waals surface area contributed by atoms with Crippen molar-refractivity contribution >= 4 is 5.78 Å². The van der Waals surface area contributed by atoms with Crippen LogP contribution in [0.5, 0.6) is 0 Å². The van der Waals surface area contributed by atoms with Crippen LogP contribution < -0.4 is 5.32 Å². The number of Topliss-reactive ketones (excluding diaryl/α,β-unsaturated/α-hetero) is 1. The number of nitrogens with zero attached hydrogens (tertiary/aromatic N) is 1. The first-order chi connectivity index (χ1) is 7.09. The van der Waals surface area contributed by atoms with Crippen LogP contribution in [-0.2, 0) is 4.79 Å². The molecule has 1 aliphatic heterocycles. The maximum Gasteiger partial charge on any atom is 0.148 e. The quantitative estimate of drug-likeness (QED) is 0.772. The molecule has 1 aliphatic rings. The van der Waals surface area contributed by atoms with Crippen LogP contribution >= 0.6 is 0 Å². The molecule has 90 valence electrons. The van der Waals surface area contributed by atoms with Gasteiger partial charge in [0.2, 0.25) is 0 Å². The summed E-state index contributed by atoms with van der Waals surface area (Å²) in [6.45, 7) is 10.0. The van der Waals surface area contributed by atoms with E-state index >= 15 is 0 Å².